The topological polar surface area (TPSA) is 128 Å². The zero-order valence-corrected chi connectivity index (χ0v) is 16.6. The number of ether oxygens (including phenoxy) is 2. The molecule has 0 radical (unpaired) electrons. The highest BCUT2D eigenvalue weighted by Crippen LogP contribution is 2.29. The van der Waals surface area contributed by atoms with Gasteiger partial charge in [-0.15, -0.1) is 16.9 Å². The van der Waals surface area contributed by atoms with E-state index in [1.807, 2.05) is 37.4 Å². The summed E-state index contributed by atoms with van der Waals surface area (Å²) in [5.41, 5.74) is 2.80. The van der Waals surface area contributed by atoms with Gasteiger partial charge in [-0.25, -0.2) is 0 Å². The van der Waals surface area contributed by atoms with Crippen molar-refractivity contribution in [1.82, 2.24) is 10.2 Å². The van der Waals surface area contributed by atoms with E-state index in [9.17, 15) is 20.4 Å². The fourth-order valence-corrected chi connectivity index (χ4v) is 3.59. The molecule has 8 nitrogen and oxygen atoms in total. The zero-order valence-electron chi connectivity index (χ0n) is 15.8. The highest BCUT2D eigenvalue weighted by Gasteiger charge is 2.45. The van der Waals surface area contributed by atoms with Crippen molar-refractivity contribution in [3.63, 3.8) is 0 Å². The van der Waals surface area contributed by atoms with Gasteiger partial charge < -0.3 is 29.9 Å². The third-order valence-corrected chi connectivity index (χ3v) is 5.63. The molecule has 0 unspecified atom stereocenters. The second-order valence-electron chi connectivity index (χ2n) is 6.68. The largest absolute Gasteiger partial charge is 0.443 e. The molecule has 28 heavy (non-hydrogen) atoms. The second-order valence-corrected chi connectivity index (χ2v) is 7.56. The van der Waals surface area contributed by atoms with E-state index in [4.69, 9.17) is 9.47 Å². The van der Waals surface area contributed by atoms with Gasteiger partial charge in [-0.05, 0) is 30.4 Å². The number of hydrogen-bond acceptors (Lipinski definition) is 8. The molecule has 3 rings (SSSR count). The predicted molar refractivity (Wildman–Crippen MR) is 103 cm³/mol. The van der Waals surface area contributed by atoms with Crippen LogP contribution in [0.3, 0.4) is 0 Å². The van der Waals surface area contributed by atoms with Gasteiger partial charge in [0, 0.05) is 22.6 Å². The Hall–Kier alpha value is -1.62. The fourth-order valence-electron chi connectivity index (χ4n) is 3.18. The molecule has 1 aromatic carbocycles. The molecular formula is C19H26N2O6S. The van der Waals surface area contributed by atoms with E-state index in [2.05, 4.69) is 10.2 Å². The van der Waals surface area contributed by atoms with Crippen LogP contribution in [-0.2, 0) is 17.6 Å². The summed E-state index contributed by atoms with van der Waals surface area (Å²) in [6, 6.07) is 8.17. The van der Waals surface area contributed by atoms with Crippen LogP contribution in [0.1, 0.15) is 23.7 Å². The van der Waals surface area contributed by atoms with E-state index in [-0.39, 0.29) is 5.88 Å². The Balaban J connectivity index is 1.81. The number of nitrogens with zero attached hydrogens (tertiary/aromatic N) is 1. The number of aliphatic hydroxyl groups is 4. The number of rotatable bonds is 7. The lowest BCUT2D eigenvalue weighted by Gasteiger charge is -2.39. The molecule has 0 spiro atoms. The van der Waals surface area contributed by atoms with Crippen molar-refractivity contribution in [3.05, 3.63) is 41.1 Å². The molecular weight excluding hydrogens is 384 g/mol. The van der Waals surface area contributed by atoms with Crippen molar-refractivity contribution in [3.8, 4) is 5.88 Å². The van der Waals surface area contributed by atoms with Crippen molar-refractivity contribution in [1.29, 1.82) is 0 Å². The predicted octanol–water partition coefficient (Wildman–Crippen LogP) is 0.463. The van der Waals surface area contributed by atoms with Gasteiger partial charge in [0.05, 0.1) is 6.61 Å². The minimum absolute atomic E-state index is 0.259. The van der Waals surface area contributed by atoms with Crippen LogP contribution in [0.15, 0.2) is 29.2 Å². The van der Waals surface area contributed by atoms with E-state index < -0.39 is 37.3 Å². The van der Waals surface area contributed by atoms with Crippen molar-refractivity contribution in [2.24, 2.45) is 0 Å². The molecule has 1 aliphatic heterocycles. The average Bonchev–Trinajstić information content (AvgIpc) is 3.10. The van der Waals surface area contributed by atoms with Crippen LogP contribution in [0.25, 0.3) is 0 Å². The van der Waals surface area contributed by atoms with Gasteiger partial charge in [-0.2, -0.15) is 0 Å². The monoisotopic (exact) mass is 410 g/mol. The molecule has 1 saturated heterocycles. The Kier molecular flexibility index (Phi) is 6.97. The second kappa shape index (κ2) is 9.25. The van der Waals surface area contributed by atoms with Gasteiger partial charge in [-0.3, -0.25) is 5.10 Å². The van der Waals surface area contributed by atoms with E-state index >= 15 is 0 Å². The van der Waals surface area contributed by atoms with Gasteiger partial charge in [0.25, 0.3) is 0 Å². The smallest absolute Gasteiger partial charge is 0.238 e. The van der Waals surface area contributed by atoms with Crippen LogP contribution in [0, 0.1) is 0 Å². The maximum Gasteiger partial charge on any atom is 0.238 e. The first-order valence-corrected chi connectivity index (χ1v) is 10.4. The molecule has 0 aliphatic carbocycles. The summed E-state index contributed by atoms with van der Waals surface area (Å²) in [6.07, 6.45) is -3.40. The van der Waals surface area contributed by atoms with Gasteiger partial charge in [0.15, 0.2) is 0 Å². The summed E-state index contributed by atoms with van der Waals surface area (Å²) >= 11 is 1.67. The quantitative estimate of drug-likeness (QED) is 0.417. The van der Waals surface area contributed by atoms with Crippen LogP contribution in [-0.4, -0.2) is 74.2 Å². The molecule has 0 saturated carbocycles. The summed E-state index contributed by atoms with van der Waals surface area (Å²) in [4.78, 5) is 1.17. The van der Waals surface area contributed by atoms with Crippen molar-refractivity contribution in [2.45, 2.75) is 55.4 Å². The van der Waals surface area contributed by atoms with Gasteiger partial charge >= 0.3 is 0 Å². The zero-order chi connectivity index (χ0) is 20.3. The minimum atomic E-state index is -1.50. The highest BCUT2D eigenvalue weighted by molar-refractivity contribution is 7.98. The molecule has 0 amide bonds. The molecule has 154 valence electrons. The molecule has 1 fully saturated rings. The lowest BCUT2D eigenvalue weighted by molar-refractivity contribution is -0.278. The maximum atomic E-state index is 10.2. The lowest BCUT2D eigenvalue weighted by atomic mass is 9.99. The Labute approximate surface area is 167 Å². The molecule has 0 bridgehead atoms. The minimum Gasteiger partial charge on any atom is -0.443 e. The third-order valence-electron chi connectivity index (χ3n) is 4.88. The van der Waals surface area contributed by atoms with Gasteiger partial charge in [0.1, 0.15) is 24.4 Å². The summed E-state index contributed by atoms with van der Waals surface area (Å²) in [7, 11) is 0. The Bertz CT molecular complexity index is 766. The van der Waals surface area contributed by atoms with Crippen molar-refractivity contribution < 1.29 is 29.9 Å². The Morgan fingerprint density at radius 2 is 1.86 bits per heavy atom. The fraction of sp³-hybridized carbons (Fsp3) is 0.526. The lowest BCUT2D eigenvalue weighted by Crippen LogP contribution is -2.60. The van der Waals surface area contributed by atoms with Gasteiger partial charge in [0.2, 0.25) is 12.2 Å². The molecule has 2 aromatic rings. The first-order chi connectivity index (χ1) is 13.5. The molecule has 9 heteroatoms. The van der Waals surface area contributed by atoms with Gasteiger partial charge in [-0.1, -0.05) is 19.1 Å². The standard InChI is InChI=1S/C19H26N2O6S/c1-3-13-12(8-10-4-6-11(28-2)7-5-10)18(21-20-13)27-19-17(25)16(24)15(23)14(9-22)26-19/h4-7,14-17,19,22-25H,3,8-9H2,1-2H3,(H,20,21)/t14-,15-,16+,17-,19-/m1/s1. The summed E-state index contributed by atoms with van der Waals surface area (Å²) < 4.78 is 11.2. The number of aromatic nitrogens is 2. The number of H-pyrrole nitrogens is 1. The van der Waals surface area contributed by atoms with Crippen LogP contribution in [0.4, 0.5) is 0 Å². The maximum absolute atomic E-state index is 10.2. The summed E-state index contributed by atoms with van der Waals surface area (Å²) in [5.74, 6) is 0.259. The van der Waals surface area contributed by atoms with E-state index in [0.29, 0.717) is 12.8 Å². The van der Waals surface area contributed by atoms with Crippen LogP contribution >= 0.6 is 11.8 Å². The number of benzene rings is 1. The van der Waals surface area contributed by atoms with Crippen LogP contribution in [0.2, 0.25) is 0 Å². The highest BCUT2D eigenvalue weighted by atomic mass is 32.2. The number of nitrogens with one attached hydrogen (secondary N) is 1. The SMILES string of the molecule is CCc1[nH]nc(O[C@H]2O[C@H](CO)[C@@H](O)[C@H](O)[C@H]2O)c1Cc1ccc(SC)cc1. The molecule has 1 aromatic heterocycles. The van der Waals surface area contributed by atoms with E-state index in [1.54, 1.807) is 11.8 Å². The normalized spacial score (nSPS) is 27.7. The first-order valence-electron chi connectivity index (χ1n) is 9.14. The molecule has 2 heterocycles. The number of hydrogen-bond donors (Lipinski definition) is 5. The number of aryl methyl sites for hydroxylation is 1. The van der Waals surface area contributed by atoms with Crippen molar-refractivity contribution >= 4 is 11.8 Å². The van der Waals surface area contributed by atoms with E-state index in [0.717, 1.165) is 16.8 Å². The number of aliphatic hydroxyl groups excluding tert-OH is 4. The van der Waals surface area contributed by atoms with Crippen molar-refractivity contribution in [2.75, 3.05) is 12.9 Å². The van der Waals surface area contributed by atoms with Crippen LogP contribution < -0.4 is 4.74 Å². The molecule has 5 N–H and O–H groups in total. The van der Waals surface area contributed by atoms with E-state index in [1.165, 1.54) is 4.90 Å². The Morgan fingerprint density at radius 3 is 2.46 bits per heavy atom. The first kappa shape index (κ1) is 21.1. The summed E-state index contributed by atoms with van der Waals surface area (Å²) in [5, 5.41) is 46.5. The number of aromatic amines is 1. The molecule has 1 aliphatic rings. The number of thioether (sulfide) groups is 1. The Morgan fingerprint density at radius 1 is 1.14 bits per heavy atom. The average molecular weight is 410 g/mol. The van der Waals surface area contributed by atoms with Crippen LogP contribution in [0.5, 0.6) is 5.88 Å². The molecule has 5 atom stereocenters. The summed E-state index contributed by atoms with van der Waals surface area (Å²) in [6.45, 7) is 1.48. The third kappa shape index (κ3) is 4.35.